The van der Waals surface area contributed by atoms with Crippen molar-refractivity contribution >= 4 is 16.7 Å². The van der Waals surface area contributed by atoms with Crippen molar-refractivity contribution in [1.82, 2.24) is 14.5 Å². The molecule has 7 nitrogen and oxygen atoms in total. The van der Waals surface area contributed by atoms with E-state index in [0.29, 0.717) is 18.8 Å². The number of ether oxygens (including phenoxy) is 2. The van der Waals surface area contributed by atoms with Crippen molar-refractivity contribution < 1.29 is 9.47 Å². The molecule has 7 heteroatoms. The number of aryl methyl sites for hydroxylation is 1. The van der Waals surface area contributed by atoms with Crippen LogP contribution >= 0.6 is 0 Å². The summed E-state index contributed by atoms with van der Waals surface area (Å²) in [5.41, 5.74) is 3.85. The Morgan fingerprint density at radius 2 is 1.77 bits per heavy atom. The first-order chi connectivity index (χ1) is 14.8. The third kappa shape index (κ3) is 3.79. The van der Waals surface area contributed by atoms with Crippen molar-refractivity contribution in [1.29, 1.82) is 5.26 Å². The van der Waals surface area contributed by atoms with Gasteiger partial charge in [0.05, 0.1) is 29.0 Å². The third-order valence-electron chi connectivity index (χ3n) is 5.89. The highest BCUT2D eigenvalue weighted by Crippen LogP contribution is 2.34. The Kier molecular flexibility index (Phi) is 5.16. The number of hydrogen-bond donors (Lipinski definition) is 0. The van der Waals surface area contributed by atoms with E-state index in [1.165, 1.54) is 5.69 Å². The van der Waals surface area contributed by atoms with Crippen molar-refractivity contribution in [2.24, 2.45) is 0 Å². The number of fused-ring (bicyclic) bond motifs is 2. The van der Waals surface area contributed by atoms with Crippen LogP contribution in [0.15, 0.2) is 42.7 Å². The van der Waals surface area contributed by atoms with Crippen molar-refractivity contribution in [3.8, 4) is 17.6 Å². The van der Waals surface area contributed by atoms with E-state index >= 15 is 0 Å². The van der Waals surface area contributed by atoms with Gasteiger partial charge in [0.15, 0.2) is 11.5 Å². The van der Waals surface area contributed by atoms with Gasteiger partial charge in [-0.15, -0.1) is 0 Å². The SMILES string of the molecule is N#Cc1ccc2c(c1)ncn2CCCN1CCN(c2ccc3c(c2)OCCO3)CC1. The molecule has 5 rings (SSSR count). The second kappa shape index (κ2) is 8.25. The van der Waals surface area contributed by atoms with Gasteiger partial charge >= 0.3 is 0 Å². The van der Waals surface area contributed by atoms with Gasteiger partial charge in [0.25, 0.3) is 0 Å². The number of aromatic nitrogens is 2. The molecular formula is C23H25N5O2. The molecule has 2 aromatic carbocycles. The minimum atomic E-state index is 0.621. The number of imidazole rings is 1. The van der Waals surface area contributed by atoms with Gasteiger partial charge in [0.2, 0.25) is 0 Å². The van der Waals surface area contributed by atoms with Crippen molar-refractivity contribution in [3.05, 3.63) is 48.3 Å². The fourth-order valence-corrected chi connectivity index (χ4v) is 4.23. The Bertz CT molecular complexity index is 1080. The van der Waals surface area contributed by atoms with Gasteiger partial charge in [-0.05, 0) is 43.3 Å². The molecule has 2 aliphatic heterocycles. The smallest absolute Gasteiger partial charge is 0.163 e. The summed E-state index contributed by atoms with van der Waals surface area (Å²) in [5, 5.41) is 9.03. The number of nitrogens with zero attached hydrogens (tertiary/aromatic N) is 5. The molecule has 2 aliphatic rings. The summed E-state index contributed by atoms with van der Waals surface area (Å²) in [4.78, 5) is 9.39. The van der Waals surface area contributed by atoms with E-state index in [1.807, 2.05) is 30.6 Å². The average Bonchev–Trinajstić information content (AvgIpc) is 3.21. The van der Waals surface area contributed by atoms with E-state index in [2.05, 4.69) is 37.6 Å². The molecule has 1 fully saturated rings. The van der Waals surface area contributed by atoms with E-state index in [0.717, 1.165) is 68.2 Å². The molecule has 0 saturated carbocycles. The van der Waals surface area contributed by atoms with Gasteiger partial charge in [0.1, 0.15) is 13.2 Å². The summed E-state index contributed by atoms with van der Waals surface area (Å²) >= 11 is 0. The fourth-order valence-electron chi connectivity index (χ4n) is 4.23. The molecule has 30 heavy (non-hydrogen) atoms. The van der Waals surface area contributed by atoms with Gasteiger partial charge in [-0.25, -0.2) is 4.98 Å². The summed E-state index contributed by atoms with van der Waals surface area (Å²) in [6.45, 7) is 7.41. The second-order valence-electron chi connectivity index (χ2n) is 7.76. The normalized spacial score (nSPS) is 16.6. The highest BCUT2D eigenvalue weighted by Gasteiger charge is 2.19. The fraction of sp³-hybridized carbons (Fsp3) is 0.391. The Balaban J connectivity index is 1.12. The van der Waals surface area contributed by atoms with Gasteiger partial charge in [0, 0.05) is 44.5 Å². The molecule has 0 atom stereocenters. The Morgan fingerprint density at radius 1 is 0.933 bits per heavy atom. The number of rotatable bonds is 5. The number of nitriles is 1. The average molecular weight is 403 g/mol. The number of benzene rings is 2. The standard InChI is InChI=1S/C23H25N5O2/c24-16-18-2-4-21-20(14-18)25-17-28(21)7-1-6-26-8-10-27(11-9-26)19-3-5-22-23(15-19)30-13-12-29-22/h2-5,14-15,17H,1,6-13H2. The number of piperazine rings is 1. The first kappa shape index (κ1) is 18.8. The van der Waals surface area contributed by atoms with Crippen molar-refractivity contribution in [2.45, 2.75) is 13.0 Å². The van der Waals surface area contributed by atoms with Gasteiger partial charge < -0.3 is 18.9 Å². The molecule has 0 bridgehead atoms. The zero-order valence-corrected chi connectivity index (χ0v) is 17.0. The van der Waals surface area contributed by atoms with E-state index in [4.69, 9.17) is 14.7 Å². The first-order valence-corrected chi connectivity index (χ1v) is 10.5. The summed E-state index contributed by atoms with van der Waals surface area (Å²) in [6.07, 6.45) is 2.96. The summed E-state index contributed by atoms with van der Waals surface area (Å²) in [5.74, 6) is 1.70. The van der Waals surface area contributed by atoms with Crippen LogP contribution in [0.25, 0.3) is 11.0 Å². The van der Waals surface area contributed by atoms with Gasteiger partial charge in [-0.2, -0.15) is 5.26 Å². The van der Waals surface area contributed by atoms with E-state index in [9.17, 15) is 0 Å². The summed E-state index contributed by atoms with van der Waals surface area (Å²) < 4.78 is 13.5. The van der Waals surface area contributed by atoms with Crippen molar-refractivity contribution in [2.75, 3.05) is 50.8 Å². The van der Waals surface area contributed by atoms with Crippen LogP contribution in [0, 0.1) is 11.3 Å². The maximum Gasteiger partial charge on any atom is 0.163 e. The highest BCUT2D eigenvalue weighted by atomic mass is 16.6. The maximum absolute atomic E-state index is 9.03. The minimum Gasteiger partial charge on any atom is -0.486 e. The zero-order chi connectivity index (χ0) is 20.3. The quantitative estimate of drug-likeness (QED) is 0.653. The largest absolute Gasteiger partial charge is 0.486 e. The Hall–Kier alpha value is -3.24. The lowest BCUT2D eigenvalue weighted by Gasteiger charge is -2.36. The second-order valence-corrected chi connectivity index (χ2v) is 7.76. The molecule has 0 amide bonds. The lowest BCUT2D eigenvalue weighted by molar-refractivity contribution is 0.171. The zero-order valence-electron chi connectivity index (χ0n) is 17.0. The molecule has 1 aromatic heterocycles. The molecule has 3 heterocycles. The summed E-state index contributed by atoms with van der Waals surface area (Å²) in [7, 11) is 0. The number of hydrogen-bond acceptors (Lipinski definition) is 6. The molecule has 0 aliphatic carbocycles. The minimum absolute atomic E-state index is 0.621. The van der Waals surface area contributed by atoms with Gasteiger partial charge in [-0.1, -0.05) is 0 Å². The van der Waals surface area contributed by atoms with Crippen LogP contribution in [-0.4, -0.2) is 60.4 Å². The summed E-state index contributed by atoms with van der Waals surface area (Å²) in [6, 6.07) is 14.1. The predicted molar refractivity (Wildman–Crippen MR) is 115 cm³/mol. The Morgan fingerprint density at radius 3 is 2.60 bits per heavy atom. The van der Waals surface area contributed by atoms with Crippen LogP contribution < -0.4 is 14.4 Å². The highest BCUT2D eigenvalue weighted by molar-refractivity contribution is 5.76. The maximum atomic E-state index is 9.03. The molecule has 0 radical (unpaired) electrons. The van der Waals surface area contributed by atoms with E-state index in [-0.39, 0.29) is 0 Å². The molecule has 0 spiro atoms. The van der Waals surface area contributed by atoms with Crippen LogP contribution in [0.5, 0.6) is 11.5 Å². The predicted octanol–water partition coefficient (Wildman–Crippen LogP) is 2.89. The van der Waals surface area contributed by atoms with E-state index in [1.54, 1.807) is 0 Å². The third-order valence-corrected chi connectivity index (χ3v) is 5.89. The van der Waals surface area contributed by atoms with Gasteiger partial charge in [-0.3, -0.25) is 4.90 Å². The molecule has 1 saturated heterocycles. The lowest BCUT2D eigenvalue weighted by Crippen LogP contribution is -2.46. The topological polar surface area (TPSA) is 66.6 Å². The lowest BCUT2D eigenvalue weighted by atomic mass is 10.2. The molecule has 3 aromatic rings. The van der Waals surface area contributed by atoms with Crippen LogP contribution in [0.3, 0.4) is 0 Å². The monoisotopic (exact) mass is 403 g/mol. The van der Waals surface area contributed by atoms with Crippen LogP contribution in [0.1, 0.15) is 12.0 Å². The molecule has 154 valence electrons. The molecule has 0 unspecified atom stereocenters. The first-order valence-electron chi connectivity index (χ1n) is 10.5. The number of anilines is 1. The van der Waals surface area contributed by atoms with E-state index < -0.39 is 0 Å². The Labute approximate surface area is 176 Å². The van der Waals surface area contributed by atoms with Crippen LogP contribution in [-0.2, 0) is 6.54 Å². The van der Waals surface area contributed by atoms with Crippen LogP contribution in [0.4, 0.5) is 5.69 Å². The van der Waals surface area contributed by atoms with Crippen LogP contribution in [0.2, 0.25) is 0 Å². The van der Waals surface area contributed by atoms with Crippen molar-refractivity contribution in [3.63, 3.8) is 0 Å². The molecular weight excluding hydrogens is 378 g/mol. The molecule has 0 N–H and O–H groups in total.